The first kappa shape index (κ1) is 12.8. The number of carbonyl (C=O) groups is 1. The zero-order valence-electron chi connectivity index (χ0n) is 9.39. The Balaban J connectivity index is 2.22. The molecule has 0 amide bonds. The topological polar surface area (TPSA) is 85.3 Å². The van der Waals surface area contributed by atoms with Crippen LogP contribution in [0.3, 0.4) is 0 Å². The molecule has 0 radical (unpaired) electrons. The van der Waals surface area contributed by atoms with Crippen LogP contribution >= 0.6 is 0 Å². The molecule has 0 fully saturated rings. The minimum absolute atomic E-state index is 0.157. The van der Waals surface area contributed by atoms with Gasteiger partial charge in [0.25, 0.3) is 0 Å². The van der Waals surface area contributed by atoms with Gasteiger partial charge in [0, 0.05) is 18.2 Å². The Morgan fingerprint density at radius 3 is 3.00 bits per heavy atom. The maximum Gasteiger partial charge on any atom is 0.344 e. The van der Waals surface area contributed by atoms with Crippen LogP contribution in [0, 0.1) is 11.3 Å². The second kappa shape index (κ2) is 7.12. The highest BCUT2D eigenvalue weighted by molar-refractivity contribution is 5.71. The summed E-state index contributed by atoms with van der Waals surface area (Å²) >= 11 is 0. The third-order valence-electron chi connectivity index (χ3n) is 1.91. The van der Waals surface area contributed by atoms with Gasteiger partial charge in [0.1, 0.15) is 5.75 Å². The van der Waals surface area contributed by atoms with Crippen molar-refractivity contribution in [3.8, 4) is 11.8 Å². The highest BCUT2D eigenvalue weighted by Gasteiger charge is 2.03. The number of nitriles is 1. The Morgan fingerprint density at radius 2 is 2.29 bits per heavy atom. The number of esters is 1. The largest absolute Gasteiger partial charge is 0.482 e. The molecule has 0 unspecified atom stereocenters. The van der Waals surface area contributed by atoms with E-state index < -0.39 is 5.97 Å². The van der Waals surface area contributed by atoms with Crippen molar-refractivity contribution in [3.05, 3.63) is 24.3 Å². The second-order valence-electron chi connectivity index (χ2n) is 3.34. The van der Waals surface area contributed by atoms with E-state index in [2.05, 4.69) is 0 Å². The summed E-state index contributed by atoms with van der Waals surface area (Å²) in [6.45, 7) is 0.0860. The number of carbonyl (C=O) groups excluding carboxylic acids is 1. The van der Waals surface area contributed by atoms with Crippen LogP contribution < -0.4 is 10.5 Å². The van der Waals surface area contributed by atoms with Gasteiger partial charge in [-0.1, -0.05) is 6.07 Å². The molecule has 17 heavy (non-hydrogen) atoms. The zero-order chi connectivity index (χ0) is 12.5. The lowest BCUT2D eigenvalue weighted by atomic mass is 10.3. The number of ether oxygens (including phenoxy) is 2. The molecule has 0 atom stereocenters. The third kappa shape index (κ3) is 5.42. The van der Waals surface area contributed by atoms with Crippen molar-refractivity contribution >= 4 is 11.7 Å². The number of hydrogen-bond acceptors (Lipinski definition) is 5. The molecule has 2 N–H and O–H groups in total. The van der Waals surface area contributed by atoms with Gasteiger partial charge in [-0.05, 0) is 18.6 Å². The number of nitrogens with two attached hydrogens (primary N) is 1. The van der Waals surface area contributed by atoms with Crippen molar-refractivity contribution in [3.63, 3.8) is 0 Å². The van der Waals surface area contributed by atoms with Gasteiger partial charge in [-0.3, -0.25) is 0 Å². The van der Waals surface area contributed by atoms with E-state index in [9.17, 15) is 4.79 Å². The number of nitrogen functional groups attached to an aromatic ring is 1. The lowest BCUT2D eigenvalue weighted by Gasteiger charge is -2.06. The number of unbranched alkanes of at least 4 members (excludes halogenated alkanes) is 1. The monoisotopic (exact) mass is 234 g/mol. The Bertz CT molecular complexity index is 412. The summed E-state index contributed by atoms with van der Waals surface area (Å²) in [4.78, 5) is 11.2. The van der Waals surface area contributed by atoms with Gasteiger partial charge in [-0.2, -0.15) is 5.26 Å². The van der Waals surface area contributed by atoms with Gasteiger partial charge in [0.05, 0.1) is 12.7 Å². The van der Waals surface area contributed by atoms with Crippen LogP contribution in [-0.2, 0) is 9.53 Å². The predicted octanol–water partition coefficient (Wildman–Crippen LogP) is 1.49. The van der Waals surface area contributed by atoms with Gasteiger partial charge in [-0.25, -0.2) is 4.79 Å². The molecule has 0 bridgehead atoms. The molecule has 0 spiro atoms. The maximum atomic E-state index is 11.2. The Kier molecular flexibility index (Phi) is 5.38. The van der Waals surface area contributed by atoms with E-state index in [4.69, 9.17) is 20.5 Å². The highest BCUT2D eigenvalue weighted by Crippen LogP contribution is 2.14. The highest BCUT2D eigenvalue weighted by atomic mass is 16.6. The molecular weight excluding hydrogens is 220 g/mol. The molecule has 0 saturated carbocycles. The van der Waals surface area contributed by atoms with Crippen molar-refractivity contribution in [1.82, 2.24) is 0 Å². The summed E-state index contributed by atoms with van der Waals surface area (Å²) in [7, 11) is 0. The first-order chi connectivity index (χ1) is 8.22. The molecule has 1 aromatic carbocycles. The van der Waals surface area contributed by atoms with Crippen LogP contribution in [0.4, 0.5) is 5.69 Å². The van der Waals surface area contributed by atoms with Crippen LogP contribution in [0.2, 0.25) is 0 Å². The van der Waals surface area contributed by atoms with Crippen molar-refractivity contribution < 1.29 is 14.3 Å². The molecular formula is C12H14N2O3. The van der Waals surface area contributed by atoms with E-state index in [0.29, 0.717) is 24.3 Å². The Morgan fingerprint density at radius 1 is 1.47 bits per heavy atom. The van der Waals surface area contributed by atoms with Crippen LogP contribution in [0.25, 0.3) is 0 Å². The summed E-state index contributed by atoms with van der Waals surface area (Å²) in [6, 6.07) is 8.77. The summed E-state index contributed by atoms with van der Waals surface area (Å²) in [5, 5.41) is 8.28. The lowest BCUT2D eigenvalue weighted by molar-refractivity contribution is -0.146. The third-order valence-corrected chi connectivity index (χ3v) is 1.91. The lowest BCUT2D eigenvalue weighted by Crippen LogP contribution is -2.15. The van der Waals surface area contributed by atoms with Crippen LogP contribution in [-0.4, -0.2) is 19.2 Å². The zero-order valence-corrected chi connectivity index (χ0v) is 9.39. The molecule has 5 nitrogen and oxygen atoms in total. The summed E-state index contributed by atoms with van der Waals surface area (Å²) in [6.07, 6.45) is 0.921. The van der Waals surface area contributed by atoms with E-state index in [1.54, 1.807) is 24.3 Å². The predicted molar refractivity (Wildman–Crippen MR) is 62.2 cm³/mol. The number of hydrogen-bond donors (Lipinski definition) is 1. The van der Waals surface area contributed by atoms with E-state index in [0.717, 1.165) is 0 Å². The summed E-state index contributed by atoms with van der Waals surface area (Å²) in [5.41, 5.74) is 6.13. The molecule has 5 heteroatoms. The summed E-state index contributed by atoms with van der Waals surface area (Å²) in [5.74, 6) is 0.0735. The smallest absolute Gasteiger partial charge is 0.344 e. The van der Waals surface area contributed by atoms with Crippen molar-refractivity contribution in [1.29, 1.82) is 5.26 Å². The SMILES string of the molecule is N#CCCCOC(=O)COc1cccc(N)c1. The normalized spacial score (nSPS) is 9.35. The molecule has 0 aliphatic carbocycles. The number of benzene rings is 1. The molecule has 1 aromatic rings. The Labute approximate surface area is 99.7 Å². The van der Waals surface area contributed by atoms with Gasteiger partial charge < -0.3 is 15.2 Å². The van der Waals surface area contributed by atoms with Crippen LogP contribution in [0.15, 0.2) is 24.3 Å². The number of rotatable bonds is 6. The second-order valence-corrected chi connectivity index (χ2v) is 3.34. The van der Waals surface area contributed by atoms with E-state index in [1.165, 1.54) is 0 Å². The van der Waals surface area contributed by atoms with Crippen LogP contribution in [0.5, 0.6) is 5.75 Å². The Hall–Kier alpha value is -2.22. The average Bonchev–Trinajstić information content (AvgIpc) is 2.32. The van der Waals surface area contributed by atoms with Gasteiger partial charge in [0.15, 0.2) is 6.61 Å². The van der Waals surface area contributed by atoms with E-state index in [-0.39, 0.29) is 13.2 Å². The van der Waals surface area contributed by atoms with Crippen molar-refractivity contribution in [2.24, 2.45) is 0 Å². The maximum absolute atomic E-state index is 11.2. The molecule has 0 aromatic heterocycles. The quantitative estimate of drug-likeness (QED) is 0.458. The van der Waals surface area contributed by atoms with Crippen molar-refractivity contribution in [2.45, 2.75) is 12.8 Å². The van der Waals surface area contributed by atoms with Gasteiger partial charge in [-0.15, -0.1) is 0 Å². The number of anilines is 1. The van der Waals surface area contributed by atoms with Gasteiger partial charge in [0.2, 0.25) is 0 Å². The van der Waals surface area contributed by atoms with Crippen LogP contribution in [0.1, 0.15) is 12.8 Å². The van der Waals surface area contributed by atoms with Gasteiger partial charge >= 0.3 is 5.97 Å². The molecule has 90 valence electrons. The van der Waals surface area contributed by atoms with Crippen molar-refractivity contribution in [2.75, 3.05) is 18.9 Å². The molecule has 0 aliphatic heterocycles. The number of nitrogens with zero attached hydrogens (tertiary/aromatic N) is 1. The molecule has 0 saturated heterocycles. The molecule has 0 heterocycles. The summed E-state index contributed by atoms with van der Waals surface area (Å²) < 4.78 is 10.0. The molecule has 0 aliphatic rings. The van der Waals surface area contributed by atoms with E-state index in [1.807, 2.05) is 6.07 Å². The average molecular weight is 234 g/mol. The fourth-order valence-electron chi connectivity index (χ4n) is 1.13. The fourth-order valence-corrected chi connectivity index (χ4v) is 1.13. The first-order valence-corrected chi connectivity index (χ1v) is 5.23. The standard InChI is InChI=1S/C12H14N2O3/c13-6-1-2-7-16-12(15)9-17-11-5-3-4-10(14)8-11/h3-5,8H,1-2,7,9,14H2. The fraction of sp³-hybridized carbons (Fsp3) is 0.333. The minimum atomic E-state index is -0.453. The minimum Gasteiger partial charge on any atom is -0.482 e. The van der Waals surface area contributed by atoms with E-state index >= 15 is 0 Å². The molecule has 1 rings (SSSR count). The first-order valence-electron chi connectivity index (χ1n) is 5.23.